The predicted octanol–water partition coefficient (Wildman–Crippen LogP) is 10.1. The molecule has 9 nitrogen and oxygen atoms in total. The van der Waals surface area contributed by atoms with Crippen molar-refractivity contribution in [1.29, 1.82) is 0 Å². The van der Waals surface area contributed by atoms with Gasteiger partial charge in [-0.1, -0.05) is 80.6 Å². The number of rotatable bonds is 9. The van der Waals surface area contributed by atoms with Gasteiger partial charge in [0.05, 0.1) is 31.7 Å². The number of fused-ring (bicyclic) bond motifs is 3. The first-order valence-electron chi connectivity index (χ1n) is 16.6. The van der Waals surface area contributed by atoms with E-state index in [2.05, 4.69) is 31.3 Å². The Morgan fingerprint density at radius 2 is 1.51 bits per heavy atom. The molecule has 0 bridgehead atoms. The second-order valence-corrected chi connectivity index (χ2v) is 15.2. The molecule has 2 aliphatic rings. The Balaban J connectivity index is 1.17. The summed E-state index contributed by atoms with van der Waals surface area (Å²) in [5.41, 5.74) is 4.94. The van der Waals surface area contributed by atoms with E-state index in [0.717, 1.165) is 22.4 Å². The lowest BCUT2D eigenvalue weighted by atomic mass is 9.77. The third-order valence-electron chi connectivity index (χ3n) is 10.1. The van der Waals surface area contributed by atoms with Gasteiger partial charge in [-0.15, -0.1) is 23.4 Å². The number of nitrogens with one attached hydrogen (secondary N) is 1. The number of para-hydroxylation sites is 1. The van der Waals surface area contributed by atoms with Gasteiger partial charge in [0.25, 0.3) is 11.4 Å². The number of non-ortho nitro benzene ring substituents is 1. The predicted molar refractivity (Wildman–Crippen MR) is 199 cm³/mol. The summed E-state index contributed by atoms with van der Waals surface area (Å²) in [5, 5.41) is 26.2. The van der Waals surface area contributed by atoms with Gasteiger partial charge in [-0.3, -0.25) is 20.2 Å². The molecule has 51 heavy (non-hydrogen) atoms. The monoisotopic (exact) mass is 719 g/mol. The summed E-state index contributed by atoms with van der Waals surface area (Å²) in [6.07, 6.45) is 0.615. The number of esters is 1. The Morgan fingerprint density at radius 3 is 2.20 bits per heavy atom. The number of carbonyl (C=O) groups excluding carboxylic acids is 1. The number of hydrogen-bond acceptors (Lipinski definition) is 8. The molecule has 1 N–H and O–H groups in total. The molecule has 258 valence electrons. The lowest BCUT2D eigenvalue weighted by Gasteiger charge is -2.38. The van der Waals surface area contributed by atoms with Gasteiger partial charge < -0.3 is 10.1 Å². The van der Waals surface area contributed by atoms with E-state index in [1.807, 2.05) is 42.5 Å². The normalized spacial score (nSPS) is 20.8. The van der Waals surface area contributed by atoms with Crippen LogP contribution in [0.1, 0.15) is 64.8 Å². The highest BCUT2D eigenvalue weighted by atomic mass is 35.5. The van der Waals surface area contributed by atoms with Crippen LogP contribution in [0, 0.1) is 26.1 Å². The van der Waals surface area contributed by atoms with Crippen molar-refractivity contribution < 1.29 is 19.4 Å². The molecule has 1 aliphatic heterocycles. The van der Waals surface area contributed by atoms with Crippen molar-refractivity contribution in [3.63, 3.8) is 0 Å². The van der Waals surface area contributed by atoms with Gasteiger partial charge in [0.2, 0.25) is 0 Å². The van der Waals surface area contributed by atoms with E-state index in [0.29, 0.717) is 22.6 Å². The largest absolute Gasteiger partial charge is 0.423 e. The van der Waals surface area contributed by atoms with E-state index in [-0.39, 0.29) is 44.8 Å². The SMILES string of the molecule is CC(C)(c1ccccc1)c1ccc(OC(=O)c2ccc3c(c2)C2C(Cl)C(Sc4ccccc4[N+](=O)[O-])CC2C(c2ccc([N+](=O)[O-])cc2)N3)cc1. The highest BCUT2D eigenvalue weighted by molar-refractivity contribution is 8.00. The number of benzene rings is 5. The van der Waals surface area contributed by atoms with E-state index in [1.165, 1.54) is 35.5 Å². The Kier molecular flexibility index (Phi) is 9.30. The van der Waals surface area contributed by atoms with Gasteiger partial charge >= 0.3 is 5.97 Å². The van der Waals surface area contributed by atoms with Crippen molar-refractivity contribution in [3.8, 4) is 5.75 Å². The minimum atomic E-state index is -0.503. The van der Waals surface area contributed by atoms with Gasteiger partial charge in [-0.05, 0) is 71.0 Å². The van der Waals surface area contributed by atoms with E-state index < -0.39 is 16.3 Å². The first-order chi connectivity index (χ1) is 24.5. The smallest absolute Gasteiger partial charge is 0.343 e. The minimum absolute atomic E-state index is 0.00401. The zero-order valence-electron chi connectivity index (χ0n) is 27.8. The number of alkyl halides is 1. The van der Waals surface area contributed by atoms with Crippen molar-refractivity contribution in [1.82, 2.24) is 0 Å². The summed E-state index contributed by atoms with van der Waals surface area (Å²) >= 11 is 8.70. The van der Waals surface area contributed by atoms with Crippen LogP contribution in [0.15, 0.2) is 126 Å². The topological polar surface area (TPSA) is 125 Å². The fourth-order valence-electron chi connectivity index (χ4n) is 7.37. The number of nitro groups is 2. The van der Waals surface area contributed by atoms with Crippen LogP contribution in [0.4, 0.5) is 17.1 Å². The fourth-order valence-corrected chi connectivity index (χ4v) is 9.32. The van der Waals surface area contributed by atoms with Gasteiger partial charge in [-0.2, -0.15) is 0 Å². The van der Waals surface area contributed by atoms with E-state index in [1.54, 1.807) is 48.5 Å². The molecule has 5 aromatic rings. The number of hydrogen-bond donors (Lipinski definition) is 1. The maximum Gasteiger partial charge on any atom is 0.343 e. The molecular weight excluding hydrogens is 686 g/mol. The molecule has 5 aromatic carbocycles. The van der Waals surface area contributed by atoms with E-state index in [4.69, 9.17) is 16.3 Å². The standard InChI is InChI=1S/C40H34ClN3O6S/c1-40(2,26-8-4-3-5-9-26)27-15-19-29(20-16-27)50-39(45)25-14-21-32-30(22-25)36-31(38(42-32)24-12-17-28(18-13-24)43(46)47)23-35(37(36)41)51-34-11-7-6-10-33(34)44(48)49/h3-22,31,35-38,42H,23H2,1-2H3. The van der Waals surface area contributed by atoms with Crippen molar-refractivity contribution in [2.75, 3.05) is 5.32 Å². The van der Waals surface area contributed by atoms with Crippen LogP contribution in [0.25, 0.3) is 0 Å². The van der Waals surface area contributed by atoms with Crippen LogP contribution in [0.3, 0.4) is 0 Å². The van der Waals surface area contributed by atoms with Gasteiger partial charge in [-0.25, -0.2) is 4.79 Å². The molecule has 1 saturated carbocycles. The third-order valence-corrected chi connectivity index (χ3v) is 12.2. The number of thioether (sulfide) groups is 1. The molecule has 5 unspecified atom stereocenters. The number of nitro benzene ring substituents is 2. The number of ether oxygens (including phenoxy) is 1. The number of nitrogens with zero attached hydrogens (tertiary/aromatic N) is 2. The summed E-state index contributed by atoms with van der Waals surface area (Å²) < 4.78 is 5.84. The van der Waals surface area contributed by atoms with Crippen LogP contribution in [-0.4, -0.2) is 26.4 Å². The van der Waals surface area contributed by atoms with Crippen LogP contribution in [0.2, 0.25) is 0 Å². The summed E-state index contributed by atoms with van der Waals surface area (Å²) in [7, 11) is 0. The van der Waals surface area contributed by atoms with Crippen LogP contribution >= 0.6 is 23.4 Å². The maximum absolute atomic E-state index is 13.6. The summed E-state index contributed by atoms with van der Waals surface area (Å²) in [6, 6.07) is 36.0. The second-order valence-electron chi connectivity index (χ2n) is 13.4. The molecule has 0 aromatic heterocycles. The molecule has 1 fully saturated rings. The van der Waals surface area contributed by atoms with Gasteiger partial charge in [0, 0.05) is 40.5 Å². The zero-order valence-corrected chi connectivity index (χ0v) is 29.3. The lowest BCUT2D eigenvalue weighted by Crippen LogP contribution is -2.31. The van der Waals surface area contributed by atoms with Crippen molar-refractivity contribution >= 4 is 46.4 Å². The Hall–Kier alpha value is -5.19. The first-order valence-corrected chi connectivity index (χ1v) is 17.9. The first kappa shape index (κ1) is 34.3. The molecule has 0 spiro atoms. The summed E-state index contributed by atoms with van der Waals surface area (Å²) in [5.74, 6) is -0.377. The molecule has 1 aliphatic carbocycles. The lowest BCUT2D eigenvalue weighted by molar-refractivity contribution is -0.387. The van der Waals surface area contributed by atoms with Crippen molar-refractivity contribution in [2.45, 2.75) is 53.2 Å². The van der Waals surface area contributed by atoms with Gasteiger partial charge in [0.1, 0.15) is 5.75 Å². The second kappa shape index (κ2) is 13.8. The number of carbonyl (C=O) groups is 1. The number of anilines is 1. The average molecular weight is 720 g/mol. The van der Waals surface area contributed by atoms with Crippen LogP contribution < -0.4 is 10.1 Å². The van der Waals surface area contributed by atoms with Gasteiger partial charge in [0.15, 0.2) is 0 Å². The van der Waals surface area contributed by atoms with Crippen molar-refractivity contribution in [3.05, 3.63) is 169 Å². The molecule has 0 radical (unpaired) electrons. The summed E-state index contributed by atoms with van der Waals surface area (Å²) in [6.45, 7) is 4.31. The Morgan fingerprint density at radius 1 is 0.843 bits per heavy atom. The highest BCUT2D eigenvalue weighted by Gasteiger charge is 2.50. The van der Waals surface area contributed by atoms with Crippen molar-refractivity contribution in [2.24, 2.45) is 5.92 Å². The maximum atomic E-state index is 13.6. The molecule has 1 heterocycles. The molecule has 0 amide bonds. The van der Waals surface area contributed by atoms with Crippen LogP contribution in [0.5, 0.6) is 5.75 Å². The third kappa shape index (κ3) is 6.69. The highest BCUT2D eigenvalue weighted by Crippen LogP contribution is 2.58. The quantitative estimate of drug-likeness (QED) is 0.0525. The fraction of sp³-hybridized carbons (Fsp3) is 0.225. The Labute approximate surface area is 304 Å². The average Bonchev–Trinajstić information content (AvgIpc) is 3.47. The number of halogens is 1. The molecule has 0 saturated heterocycles. The molecule has 11 heteroatoms. The molecular formula is C40H34ClN3O6S. The Bertz CT molecular complexity index is 2110. The van der Waals surface area contributed by atoms with E-state index in [9.17, 15) is 25.0 Å². The molecule has 5 atom stereocenters. The van der Waals surface area contributed by atoms with E-state index >= 15 is 0 Å². The van der Waals surface area contributed by atoms with Crippen LogP contribution in [-0.2, 0) is 5.41 Å². The minimum Gasteiger partial charge on any atom is -0.423 e. The summed E-state index contributed by atoms with van der Waals surface area (Å²) in [4.78, 5) is 36.5. The zero-order chi connectivity index (χ0) is 35.9. The molecule has 7 rings (SSSR count).